The van der Waals surface area contributed by atoms with E-state index in [0.717, 1.165) is 60.0 Å². The second-order valence-corrected chi connectivity index (χ2v) is 8.67. The molecule has 0 atom stereocenters. The van der Waals surface area contributed by atoms with Gasteiger partial charge in [0.2, 0.25) is 0 Å². The van der Waals surface area contributed by atoms with Crippen LogP contribution in [0.2, 0.25) is 0 Å². The maximum absolute atomic E-state index is 9.03. The van der Waals surface area contributed by atoms with Crippen LogP contribution in [0.15, 0.2) is 23.6 Å². The fourth-order valence-corrected chi connectivity index (χ4v) is 4.70. The summed E-state index contributed by atoms with van der Waals surface area (Å²) >= 11 is 0. The number of aromatic nitrogens is 4. The third kappa shape index (κ3) is 3.72. The SMILES string of the molecule is N#CCC1CCC(n2c(CO/N=C(\N)CC3CC3)nc3cnc4[nH]ccc4c32)CC1. The Morgan fingerprint density at radius 1 is 1.27 bits per heavy atom. The van der Waals surface area contributed by atoms with Gasteiger partial charge >= 0.3 is 0 Å². The molecule has 2 fully saturated rings. The van der Waals surface area contributed by atoms with Gasteiger partial charge in [-0.05, 0) is 56.4 Å². The quantitative estimate of drug-likeness (QED) is 0.348. The Balaban J connectivity index is 1.45. The van der Waals surface area contributed by atoms with Gasteiger partial charge in [-0.2, -0.15) is 5.26 Å². The number of oxime groups is 1. The fraction of sp³-hybridized carbons (Fsp3) is 0.545. The van der Waals surface area contributed by atoms with Crippen LogP contribution in [0.3, 0.4) is 0 Å². The van der Waals surface area contributed by atoms with E-state index in [-0.39, 0.29) is 6.61 Å². The Morgan fingerprint density at radius 2 is 2.07 bits per heavy atom. The standard InChI is InChI=1S/C22H27N7O/c23-9-7-14-3-5-16(6-4-14)29-20(13-30-28-19(24)11-15-1-2-15)27-18-12-26-22-17(21(18)29)8-10-25-22/h8,10,12,14-16H,1-7,11,13H2,(H2,24,28)(H,25,26). The Morgan fingerprint density at radius 3 is 2.83 bits per heavy atom. The summed E-state index contributed by atoms with van der Waals surface area (Å²) < 4.78 is 2.32. The molecule has 0 aliphatic heterocycles. The molecule has 0 amide bonds. The zero-order chi connectivity index (χ0) is 20.5. The van der Waals surface area contributed by atoms with E-state index in [1.165, 1.54) is 12.8 Å². The van der Waals surface area contributed by atoms with Gasteiger partial charge in [0.25, 0.3) is 0 Å². The molecule has 3 N–H and O–H groups in total. The molecule has 3 heterocycles. The molecule has 0 spiro atoms. The Labute approximate surface area is 175 Å². The van der Waals surface area contributed by atoms with Crippen molar-refractivity contribution < 1.29 is 4.84 Å². The normalized spacial score (nSPS) is 22.4. The van der Waals surface area contributed by atoms with Crippen molar-refractivity contribution in [3.05, 3.63) is 24.3 Å². The molecule has 5 rings (SSSR count). The summed E-state index contributed by atoms with van der Waals surface area (Å²) in [5.41, 5.74) is 8.82. The number of pyridine rings is 1. The average molecular weight is 406 g/mol. The van der Waals surface area contributed by atoms with Crippen LogP contribution < -0.4 is 5.73 Å². The number of imidazole rings is 1. The second-order valence-electron chi connectivity index (χ2n) is 8.67. The van der Waals surface area contributed by atoms with E-state index >= 15 is 0 Å². The molecule has 2 saturated carbocycles. The molecular formula is C22H27N7O. The monoisotopic (exact) mass is 405 g/mol. The molecule has 0 unspecified atom stereocenters. The number of nitrogens with one attached hydrogen (secondary N) is 1. The van der Waals surface area contributed by atoms with E-state index in [0.29, 0.717) is 30.1 Å². The minimum atomic E-state index is 0.282. The van der Waals surface area contributed by atoms with Gasteiger partial charge in [-0.1, -0.05) is 5.16 Å². The van der Waals surface area contributed by atoms with Crippen molar-refractivity contribution in [3.8, 4) is 6.07 Å². The van der Waals surface area contributed by atoms with E-state index in [2.05, 4.69) is 31.8 Å². The Bertz CT molecular complexity index is 1110. The third-order valence-electron chi connectivity index (χ3n) is 6.44. The van der Waals surface area contributed by atoms with E-state index in [1.807, 2.05) is 12.4 Å². The van der Waals surface area contributed by atoms with Crippen molar-refractivity contribution in [1.29, 1.82) is 5.26 Å². The van der Waals surface area contributed by atoms with Crippen molar-refractivity contribution in [3.63, 3.8) is 0 Å². The summed E-state index contributed by atoms with van der Waals surface area (Å²) in [6.45, 7) is 0.282. The maximum Gasteiger partial charge on any atom is 0.174 e. The summed E-state index contributed by atoms with van der Waals surface area (Å²) in [4.78, 5) is 18.2. The average Bonchev–Trinajstić information content (AvgIpc) is 3.29. The van der Waals surface area contributed by atoms with Gasteiger partial charge in [0, 0.05) is 30.5 Å². The first-order chi connectivity index (χ1) is 14.7. The van der Waals surface area contributed by atoms with E-state index in [4.69, 9.17) is 20.8 Å². The number of amidine groups is 1. The molecule has 3 aromatic rings. The van der Waals surface area contributed by atoms with Crippen molar-refractivity contribution in [1.82, 2.24) is 19.5 Å². The van der Waals surface area contributed by atoms with Crippen LogP contribution in [0.5, 0.6) is 0 Å². The molecule has 156 valence electrons. The van der Waals surface area contributed by atoms with E-state index in [9.17, 15) is 0 Å². The molecule has 0 radical (unpaired) electrons. The van der Waals surface area contributed by atoms with Gasteiger partial charge in [-0.15, -0.1) is 0 Å². The van der Waals surface area contributed by atoms with Gasteiger partial charge in [0.05, 0.1) is 17.8 Å². The first-order valence-corrected chi connectivity index (χ1v) is 10.9. The molecule has 0 aromatic carbocycles. The highest BCUT2D eigenvalue weighted by Crippen LogP contribution is 2.38. The van der Waals surface area contributed by atoms with Crippen molar-refractivity contribution >= 4 is 27.9 Å². The number of aromatic amines is 1. The summed E-state index contributed by atoms with van der Waals surface area (Å²) in [7, 11) is 0. The van der Waals surface area contributed by atoms with Crippen LogP contribution in [0.1, 0.15) is 63.2 Å². The van der Waals surface area contributed by atoms with Crippen molar-refractivity contribution in [2.24, 2.45) is 22.7 Å². The third-order valence-corrected chi connectivity index (χ3v) is 6.44. The lowest BCUT2D eigenvalue weighted by molar-refractivity contribution is 0.118. The number of nitrogens with zero attached hydrogens (tertiary/aromatic N) is 5. The van der Waals surface area contributed by atoms with Gasteiger partial charge < -0.3 is 20.1 Å². The molecule has 30 heavy (non-hydrogen) atoms. The predicted molar refractivity (Wildman–Crippen MR) is 114 cm³/mol. The number of hydrogen-bond acceptors (Lipinski definition) is 5. The summed E-state index contributed by atoms with van der Waals surface area (Å²) in [6.07, 6.45) is 11.9. The topological polar surface area (TPSA) is 118 Å². The summed E-state index contributed by atoms with van der Waals surface area (Å²) in [6, 6.07) is 4.71. The minimum absolute atomic E-state index is 0.282. The van der Waals surface area contributed by atoms with Crippen LogP contribution in [0.4, 0.5) is 0 Å². The van der Waals surface area contributed by atoms with Crippen molar-refractivity contribution in [2.45, 2.75) is 64.0 Å². The maximum atomic E-state index is 9.03. The number of nitriles is 1. The molecule has 0 saturated heterocycles. The fourth-order valence-electron chi connectivity index (χ4n) is 4.70. The Kier molecular flexibility index (Phi) is 5.03. The number of H-pyrrole nitrogens is 1. The van der Waals surface area contributed by atoms with E-state index < -0.39 is 0 Å². The van der Waals surface area contributed by atoms with Crippen LogP contribution >= 0.6 is 0 Å². The van der Waals surface area contributed by atoms with Gasteiger partial charge in [0.15, 0.2) is 12.4 Å². The first kappa shape index (κ1) is 18.9. The summed E-state index contributed by atoms with van der Waals surface area (Å²) in [5.74, 6) is 2.60. The molecule has 8 heteroatoms. The number of hydrogen-bond donors (Lipinski definition) is 2. The highest BCUT2D eigenvalue weighted by Gasteiger charge is 2.27. The number of fused-ring (bicyclic) bond motifs is 3. The lowest BCUT2D eigenvalue weighted by atomic mass is 9.84. The zero-order valence-electron chi connectivity index (χ0n) is 17.0. The van der Waals surface area contributed by atoms with E-state index in [1.54, 1.807) is 0 Å². The number of nitrogens with two attached hydrogens (primary N) is 1. The first-order valence-electron chi connectivity index (χ1n) is 10.9. The van der Waals surface area contributed by atoms with Crippen LogP contribution in [0.25, 0.3) is 22.1 Å². The number of rotatable bonds is 7. The highest BCUT2D eigenvalue weighted by atomic mass is 16.6. The predicted octanol–water partition coefficient (Wildman–Crippen LogP) is 4.15. The highest BCUT2D eigenvalue weighted by molar-refractivity contribution is 6.01. The molecule has 3 aromatic heterocycles. The van der Waals surface area contributed by atoms with Gasteiger partial charge in [-0.25, -0.2) is 9.97 Å². The van der Waals surface area contributed by atoms with Crippen LogP contribution in [-0.4, -0.2) is 25.4 Å². The molecule has 0 bridgehead atoms. The lowest BCUT2D eigenvalue weighted by Gasteiger charge is -2.29. The largest absolute Gasteiger partial charge is 0.386 e. The van der Waals surface area contributed by atoms with Gasteiger partial charge in [0.1, 0.15) is 17.0 Å². The Hall–Kier alpha value is -3.08. The van der Waals surface area contributed by atoms with Gasteiger partial charge in [-0.3, -0.25) is 0 Å². The van der Waals surface area contributed by atoms with Crippen molar-refractivity contribution in [2.75, 3.05) is 0 Å². The van der Waals surface area contributed by atoms with Crippen LogP contribution in [0, 0.1) is 23.2 Å². The zero-order valence-corrected chi connectivity index (χ0v) is 17.0. The summed E-state index contributed by atoms with van der Waals surface area (Å²) in [5, 5.41) is 14.2. The lowest BCUT2D eigenvalue weighted by Crippen LogP contribution is -2.20. The van der Waals surface area contributed by atoms with Crippen LogP contribution in [-0.2, 0) is 11.4 Å². The molecule has 2 aliphatic carbocycles. The molecular weight excluding hydrogens is 378 g/mol. The second kappa shape index (κ2) is 7.98. The molecule has 2 aliphatic rings. The smallest absolute Gasteiger partial charge is 0.174 e. The minimum Gasteiger partial charge on any atom is -0.386 e. The molecule has 8 nitrogen and oxygen atoms in total.